The SMILES string of the molecule is Nc1ncn(CC2CCCCCC2)n1. The Morgan fingerprint density at radius 2 is 2.00 bits per heavy atom. The van der Waals surface area contributed by atoms with Crippen LogP contribution in [0.25, 0.3) is 0 Å². The molecule has 0 aromatic carbocycles. The number of nitrogens with zero attached hydrogens (tertiary/aromatic N) is 3. The Labute approximate surface area is 84.5 Å². The average Bonchev–Trinajstić information content (AvgIpc) is 2.43. The Bertz CT molecular complexity index is 273. The van der Waals surface area contributed by atoms with Crippen LogP contribution < -0.4 is 5.73 Å². The van der Waals surface area contributed by atoms with Gasteiger partial charge in [-0.05, 0) is 18.8 Å². The maximum Gasteiger partial charge on any atom is 0.239 e. The summed E-state index contributed by atoms with van der Waals surface area (Å²) in [5, 5.41) is 4.12. The van der Waals surface area contributed by atoms with Crippen molar-refractivity contribution in [1.82, 2.24) is 14.8 Å². The summed E-state index contributed by atoms with van der Waals surface area (Å²) < 4.78 is 1.88. The van der Waals surface area contributed by atoms with Gasteiger partial charge in [0.05, 0.1) is 0 Å². The van der Waals surface area contributed by atoms with E-state index >= 15 is 0 Å². The molecule has 0 unspecified atom stereocenters. The molecule has 78 valence electrons. The molecule has 0 amide bonds. The van der Waals surface area contributed by atoms with E-state index < -0.39 is 0 Å². The molecule has 0 bridgehead atoms. The molecule has 4 heteroatoms. The molecule has 1 heterocycles. The van der Waals surface area contributed by atoms with Crippen LogP contribution in [0.1, 0.15) is 38.5 Å². The Morgan fingerprint density at radius 1 is 1.29 bits per heavy atom. The first-order valence-electron chi connectivity index (χ1n) is 5.49. The largest absolute Gasteiger partial charge is 0.367 e. The zero-order valence-corrected chi connectivity index (χ0v) is 8.52. The highest BCUT2D eigenvalue weighted by molar-refractivity contribution is 5.09. The average molecular weight is 194 g/mol. The Kier molecular flexibility index (Phi) is 3.01. The van der Waals surface area contributed by atoms with E-state index in [0.717, 1.165) is 12.5 Å². The predicted octanol–water partition coefficient (Wildman–Crippen LogP) is 1.83. The molecule has 0 radical (unpaired) electrons. The summed E-state index contributed by atoms with van der Waals surface area (Å²) in [6, 6.07) is 0. The Hall–Kier alpha value is -1.06. The number of nitrogens with two attached hydrogens (primary N) is 1. The molecule has 1 aromatic rings. The second kappa shape index (κ2) is 4.44. The lowest BCUT2D eigenvalue weighted by molar-refractivity contribution is 0.376. The summed E-state index contributed by atoms with van der Waals surface area (Å²) in [5.74, 6) is 1.16. The van der Waals surface area contributed by atoms with Crippen molar-refractivity contribution in [2.24, 2.45) is 5.92 Å². The van der Waals surface area contributed by atoms with E-state index in [1.165, 1.54) is 38.5 Å². The second-order valence-corrected chi connectivity index (χ2v) is 4.18. The molecule has 1 aliphatic rings. The highest BCUT2D eigenvalue weighted by Crippen LogP contribution is 2.23. The van der Waals surface area contributed by atoms with Crippen LogP contribution in [0.3, 0.4) is 0 Å². The van der Waals surface area contributed by atoms with E-state index in [1.54, 1.807) is 6.33 Å². The summed E-state index contributed by atoms with van der Waals surface area (Å²) in [7, 11) is 0. The van der Waals surface area contributed by atoms with E-state index in [1.807, 2.05) is 4.68 Å². The maximum atomic E-state index is 5.47. The summed E-state index contributed by atoms with van der Waals surface area (Å²) in [5.41, 5.74) is 5.47. The van der Waals surface area contributed by atoms with Gasteiger partial charge < -0.3 is 5.73 Å². The van der Waals surface area contributed by atoms with Gasteiger partial charge in [0.2, 0.25) is 5.95 Å². The quantitative estimate of drug-likeness (QED) is 0.731. The minimum atomic E-state index is 0.388. The number of hydrogen-bond donors (Lipinski definition) is 1. The van der Waals surface area contributed by atoms with Gasteiger partial charge in [0.1, 0.15) is 6.33 Å². The molecular weight excluding hydrogens is 176 g/mol. The van der Waals surface area contributed by atoms with Gasteiger partial charge in [-0.15, -0.1) is 5.10 Å². The molecule has 2 rings (SSSR count). The van der Waals surface area contributed by atoms with E-state index in [0.29, 0.717) is 5.95 Å². The molecule has 0 aliphatic heterocycles. The normalized spacial score (nSPS) is 19.4. The minimum absolute atomic E-state index is 0.388. The highest BCUT2D eigenvalue weighted by Gasteiger charge is 2.13. The van der Waals surface area contributed by atoms with Crippen molar-refractivity contribution >= 4 is 5.95 Å². The van der Waals surface area contributed by atoms with Gasteiger partial charge in [-0.3, -0.25) is 4.68 Å². The van der Waals surface area contributed by atoms with Crippen LogP contribution in [-0.2, 0) is 6.54 Å². The van der Waals surface area contributed by atoms with Gasteiger partial charge >= 0.3 is 0 Å². The molecule has 1 aliphatic carbocycles. The van der Waals surface area contributed by atoms with Crippen LogP contribution in [0.5, 0.6) is 0 Å². The molecule has 0 spiro atoms. The highest BCUT2D eigenvalue weighted by atomic mass is 15.4. The molecule has 1 aromatic heterocycles. The van der Waals surface area contributed by atoms with Crippen molar-refractivity contribution in [3.8, 4) is 0 Å². The van der Waals surface area contributed by atoms with Gasteiger partial charge in [-0.25, -0.2) is 4.98 Å². The zero-order chi connectivity index (χ0) is 9.80. The summed E-state index contributed by atoms with van der Waals surface area (Å²) in [6.07, 6.45) is 9.94. The van der Waals surface area contributed by atoms with Crippen LogP contribution >= 0.6 is 0 Å². The van der Waals surface area contributed by atoms with Crippen LogP contribution in [0.15, 0.2) is 6.33 Å². The van der Waals surface area contributed by atoms with Crippen LogP contribution in [0, 0.1) is 5.92 Å². The number of rotatable bonds is 2. The number of aromatic nitrogens is 3. The van der Waals surface area contributed by atoms with E-state index in [-0.39, 0.29) is 0 Å². The van der Waals surface area contributed by atoms with Gasteiger partial charge in [0.15, 0.2) is 0 Å². The van der Waals surface area contributed by atoms with Crippen LogP contribution in [0.2, 0.25) is 0 Å². The number of hydrogen-bond acceptors (Lipinski definition) is 3. The predicted molar refractivity (Wildman–Crippen MR) is 55.6 cm³/mol. The first kappa shape index (κ1) is 9.49. The zero-order valence-electron chi connectivity index (χ0n) is 8.52. The third-order valence-corrected chi connectivity index (χ3v) is 2.97. The van der Waals surface area contributed by atoms with Crippen molar-refractivity contribution in [2.45, 2.75) is 45.1 Å². The lowest BCUT2D eigenvalue weighted by Gasteiger charge is -2.12. The van der Waals surface area contributed by atoms with Crippen LogP contribution in [0.4, 0.5) is 5.95 Å². The third kappa shape index (κ3) is 2.47. The minimum Gasteiger partial charge on any atom is -0.367 e. The Balaban J connectivity index is 1.89. The number of anilines is 1. The van der Waals surface area contributed by atoms with E-state index in [4.69, 9.17) is 5.73 Å². The summed E-state index contributed by atoms with van der Waals surface area (Å²) >= 11 is 0. The Morgan fingerprint density at radius 3 is 2.57 bits per heavy atom. The van der Waals surface area contributed by atoms with Crippen molar-refractivity contribution in [3.63, 3.8) is 0 Å². The molecular formula is C10H18N4. The standard InChI is InChI=1S/C10H18N4/c11-10-12-8-14(13-10)7-9-5-3-1-2-4-6-9/h8-9H,1-7H2,(H2,11,13). The van der Waals surface area contributed by atoms with Gasteiger partial charge in [-0.2, -0.15) is 0 Å². The molecule has 4 nitrogen and oxygen atoms in total. The lowest BCUT2D eigenvalue weighted by atomic mass is 10.0. The molecule has 0 atom stereocenters. The topological polar surface area (TPSA) is 56.7 Å². The first-order valence-corrected chi connectivity index (χ1v) is 5.49. The van der Waals surface area contributed by atoms with Crippen molar-refractivity contribution in [2.75, 3.05) is 5.73 Å². The fourth-order valence-electron chi connectivity index (χ4n) is 2.21. The van der Waals surface area contributed by atoms with Gasteiger partial charge in [0.25, 0.3) is 0 Å². The molecule has 1 fully saturated rings. The monoisotopic (exact) mass is 194 g/mol. The van der Waals surface area contributed by atoms with E-state index in [2.05, 4.69) is 10.1 Å². The smallest absolute Gasteiger partial charge is 0.239 e. The van der Waals surface area contributed by atoms with Crippen molar-refractivity contribution < 1.29 is 0 Å². The maximum absolute atomic E-state index is 5.47. The summed E-state index contributed by atoms with van der Waals surface area (Å²) in [6.45, 7) is 0.990. The van der Waals surface area contributed by atoms with Gasteiger partial charge in [-0.1, -0.05) is 25.7 Å². The third-order valence-electron chi connectivity index (χ3n) is 2.97. The van der Waals surface area contributed by atoms with Gasteiger partial charge in [0, 0.05) is 6.54 Å². The number of nitrogen functional groups attached to an aromatic ring is 1. The van der Waals surface area contributed by atoms with Crippen molar-refractivity contribution in [3.05, 3.63) is 6.33 Å². The fraction of sp³-hybridized carbons (Fsp3) is 0.800. The molecule has 1 saturated carbocycles. The van der Waals surface area contributed by atoms with Crippen molar-refractivity contribution in [1.29, 1.82) is 0 Å². The molecule has 14 heavy (non-hydrogen) atoms. The fourth-order valence-corrected chi connectivity index (χ4v) is 2.21. The van der Waals surface area contributed by atoms with Crippen LogP contribution in [-0.4, -0.2) is 14.8 Å². The molecule has 0 saturated heterocycles. The summed E-state index contributed by atoms with van der Waals surface area (Å²) in [4.78, 5) is 3.94. The molecule has 2 N–H and O–H groups in total. The lowest BCUT2D eigenvalue weighted by Crippen LogP contribution is -2.10. The van der Waals surface area contributed by atoms with E-state index in [9.17, 15) is 0 Å². The second-order valence-electron chi connectivity index (χ2n) is 4.18. The first-order chi connectivity index (χ1) is 6.84.